The van der Waals surface area contributed by atoms with Crippen LogP contribution in [0.15, 0.2) is 12.3 Å². The zero-order valence-electron chi connectivity index (χ0n) is 10.6. The van der Waals surface area contributed by atoms with Crippen LogP contribution in [-0.4, -0.2) is 35.8 Å². The quantitative estimate of drug-likeness (QED) is 0.833. The van der Waals surface area contributed by atoms with E-state index in [1.165, 1.54) is 12.3 Å². The van der Waals surface area contributed by atoms with Crippen LogP contribution in [-0.2, 0) is 4.74 Å². The summed E-state index contributed by atoms with van der Waals surface area (Å²) in [5.74, 6) is -0.243. The Hall–Kier alpha value is -1.33. The van der Waals surface area contributed by atoms with Crippen molar-refractivity contribution < 1.29 is 14.6 Å². The molecule has 1 heterocycles. The Morgan fingerprint density at radius 3 is 2.72 bits per heavy atom. The summed E-state index contributed by atoms with van der Waals surface area (Å²) in [5.41, 5.74) is 0.0680. The lowest BCUT2D eigenvalue weighted by Crippen LogP contribution is -2.31. The number of nitrogens with zero attached hydrogens (tertiary/aromatic N) is 1. The topological polar surface area (TPSA) is 71.5 Å². The van der Waals surface area contributed by atoms with Gasteiger partial charge in [-0.3, -0.25) is 0 Å². The van der Waals surface area contributed by atoms with Gasteiger partial charge < -0.3 is 15.2 Å². The molecule has 2 N–H and O–H groups in total. The molecule has 5 nitrogen and oxygen atoms in total. The van der Waals surface area contributed by atoms with Crippen LogP contribution < -0.4 is 5.32 Å². The molecule has 0 aromatic carbocycles. The standard InChI is InChI=1S/C12H17ClN2O3/c1-7(2)10(6-18-3)15-11-9(13)4-8(5-14-11)12(16)17/h4-5,7,10H,6H2,1-3H3,(H,14,15)(H,16,17). The fourth-order valence-electron chi connectivity index (χ4n) is 1.42. The third-order valence-corrected chi connectivity index (χ3v) is 2.85. The highest BCUT2D eigenvalue weighted by Crippen LogP contribution is 2.22. The molecule has 6 heteroatoms. The van der Waals surface area contributed by atoms with Crippen molar-refractivity contribution in [3.63, 3.8) is 0 Å². The molecule has 1 aromatic rings. The Balaban J connectivity index is 2.86. The van der Waals surface area contributed by atoms with Crippen molar-refractivity contribution in [3.8, 4) is 0 Å². The maximum atomic E-state index is 10.8. The zero-order valence-corrected chi connectivity index (χ0v) is 11.4. The number of carbonyl (C=O) groups is 1. The number of halogens is 1. The molecule has 0 amide bonds. The van der Waals surface area contributed by atoms with E-state index in [0.29, 0.717) is 18.3 Å². The van der Waals surface area contributed by atoms with E-state index in [4.69, 9.17) is 21.4 Å². The number of nitrogens with one attached hydrogen (secondary N) is 1. The van der Waals surface area contributed by atoms with E-state index in [-0.39, 0.29) is 16.6 Å². The molecule has 0 radical (unpaired) electrons. The molecule has 0 bridgehead atoms. The fraction of sp³-hybridized carbons (Fsp3) is 0.500. The molecule has 0 saturated heterocycles. The normalized spacial score (nSPS) is 12.5. The van der Waals surface area contributed by atoms with Crippen LogP contribution in [0.3, 0.4) is 0 Å². The lowest BCUT2D eigenvalue weighted by Gasteiger charge is -2.22. The molecule has 1 atom stereocenters. The van der Waals surface area contributed by atoms with Gasteiger partial charge in [-0.2, -0.15) is 0 Å². The number of carboxylic acid groups (broad SMARTS) is 1. The SMILES string of the molecule is COCC(Nc1ncc(C(=O)O)cc1Cl)C(C)C. The van der Waals surface area contributed by atoms with Crippen molar-refractivity contribution in [3.05, 3.63) is 22.8 Å². The summed E-state index contributed by atoms with van der Waals surface area (Å²) < 4.78 is 5.11. The molecule has 1 aromatic heterocycles. The highest BCUT2D eigenvalue weighted by atomic mass is 35.5. The van der Waals surface area contributed by atoms with Crippen molar-refractivity contribution in [2.75, 3.05) is 19.0 Å². The number of ether oxygens (including phenoxy) is 1. The number of carboxylic acids is 1. The minimum absolute atomic E-state index is 0.0654. The molecule has 0 spiro atoms. The Labute approximate surface area is 111 Å². The van der Waals surface area contributed by atoms with Crippen LogP contribution in [0.4, 0.5) is 5.82 Å². The first-order chi connectivity index (χ1) is 8.45. The Morgan fingerprint density at radius 1 is 1.61 bits per heavy atom. The summed E-state index contributed by atoms with van der Waals surface area (Å²) in [6.07, 6.45) is 1.28. The smallest absolute Gasteiger partial charge is 0.337 e. The molecule has 1 rings (SSSR count). The third-order valence-electron chi connectivity index (χ3n) is 2.56. The lowest BCUT2D eigenvalue weighted by atomic mass is 10.1. The molecule has 0 aliphatic heterocycles. The Morgan fingerprint density at radius 2 is 2.28 bits per heavy atom. The second-order valence-corrected chi connectivity index (χ2v) is 4.72. The van der Waals surface area contributed by atoms with E-state index in [1.807, 2.05) is 0 Å². The van der Waals surface area contributed by atoms with Gasteiger partial charge in [0.1, 0.15) is 5.82 Å². The van der Waals surface area contributed by atoms with Gasteiger partial charge in [-0.25, -0.2) is 9.78 Å². The summed E-state index contributed by atoms with van der Waals surface area (Å²) in [7, 11) is 1.62. The minimum atomic E-state index is -1.05. The summed E-state index contributed by atoms with van der Waals surface area (Å²) in [4.78, 5) is 14.8. The highest BCUT2D eigenvalue weighted by Gasteiger charge is 2.16. The van der Waals surface area contributed by atoms with Gasteiger partial charge in [-0.1, -0.05) is 25.4 Å². The van der Waals surface area contributed by atoms with Gasteiger partial charge >= 0.3 is 5.97 Å². The average Bonchev–Trinajstić information content (AvgIpc) is 2.30. The average molecular weight is 273 g/mol. The minimum Gasteiger partial charge on any atom is -0.478 e. The van der Waals surface area contributed by atoms with Gasteiger partial charge in [-0.05, 0) is 12.0 Å². The van der Waals surface area contributed by atoms with Crippen LogP contribution in [0, 0.1) is 5.92 Å². The lowest BCUT2D eigenvalue weighted by molar-refractivity contribution is 0.0696. The molecule has 18 heavy (non-hydrogen) atoms. The van der Waals surface area contributed by atoms with E-state index in [2.05, 4.69) is 24.1 Å². The van der Waals surface area contributed by atoms with Crippen LogP contribution in [0.1, 0.15) is 24.2 Å². The molecular weight excluding hydrogens is 256 g/mol. The predicted molar refractivity (Wildman–Crippen MR) is 70.3 cm³/mol. The van der Waals surface area contributed by atoms with Crippen molar-refractivity contribution in [2.24, 2.45) is 5.92 Å². The van der Waals surface area contributed by atoms with Crippen molar-refractivity contribution in [1.29, 1.82) is 0 Å². The largest absolute Gasteiger partial charge is 0.478 e. The monoisotopic (exact) mass is 272 g/mol. The fourth-order valence-corrected chi connectivity index (χ4v) is 1.64. The summed E-state index contributed by atoms with van der Waals surface area (Å²) in [5, 5.41) is 12.3. The second-order valence-electron chi connectivity index (χ2n) is 4.31. The number of aromatic carboxylic acids is 1. The summed E-state index contributed by atoms with van der Waals surface area (Å²) in [6, 6.07) is 1.44. The molecule has 0 fully saturated rings. The molecule has 0 aliphatic rings. The number of aromatic nitrogens is 1. The molecule has 100 valence electrons. The molecule has 0 aliphatic carbocycles. The number of rotatable bonds is 6. The first-order valence-corrected chi connectivity index (χ1v) is 5.97. The number of anilines is 1. The van der Waals surface area contributed by atoms with Crippen molar-refractivity contribution >= 4 is 23.4 Å². The first kappa shape index (κ1) is 14.7. The maximum Gasteiger partial charge on any atom is 0.337 e. The summed E-state index contributed by atoms with van der Waals surface area (Å²) in [6.45, 7) is 4.63. The summed E-state index contributed by atoms with van der Waals surface area (Å²) >= 11 is 5.99. The van der Waals surface area contributed by atoms with Gasteiger partial charge in [0.05, 0.1) is 23.2 Å². The Kier molecular flexibility index (Phi) is 5.37. The highest BCUT2D eigenvalue weighted by molar-refractivity contribution is 6.33. The van der Waals surface area contributed by atoms with Gasteiger partial charge in [0, 0.05) is 13.3 Å². The van der Waals surface area contributed by atoms with Crippen molar-refractivity contribution in [1.82, 2.24) is 4.98 Å². The third kappa shape index (κ3) is 3.85. The van der Waals surface area contributed by atoms with Crippen LogP contribution in [0.2, 0.25) is 5.02 Å². The van der Waals surface area contributed by atoms with E-state index in [0.717, 1.165) is 0 Å². The van der Waals surface area contributed by atoms with E-state index in [1.54, 1.807) is 7.11 Å². The molecule has 0 saturated carbocycles. The zero-order chi connectivity index (χ0) is 13.7. The molecular formula is C12H17ClN2O3. The van der Waals surface area contributed by atoms with Gasteiger partial charge in [0.2, 0.25) is 0 Å². The number of hydrogen-bond donors (Lipinski definition) is 2. The Bertz CT molecular complexity index is 424. The van der Waals surface area contributed by atoms with Gasteiger partial charge in [0.25, 0.3) is 0 Å². The van der Waals surface area contributed by atoms with Crippen LogP contribution >= 0.6 is 11.6 Å². The van der Waals surface area contributed by atoms with Crippen LogP contribution in [0.5, 0.6) is 0 Å². The van der Waals surface area contributed by atoms with Crippen LogP contribution in [0.25, 0.3) is 0 Å². The first-order valence-electron chi connectivity index (χ1n) is 5.60. The van der Waals surface area contributed by atoms with E-state index in [9.17, 15) is 4.79 Å². The number of hydrogen-bond acceptors (Lipinski definition) is 4. The number of methoxy groups -OCH3 is 1. The predicted octanol–water partition coefficient (Wildman–Crippen LogP) is 2.52. The van der Waals surface area contributed by atoms with Gasteiger partial charge in [-0.15, -0.1) is 0 Å². The van der Waals surface area contributed by atoms with Crippen molar-refractivity contribution in [2.45, 2.75) is 19.9 Å². The van der Waals surface area contributed by atoms with E-state index < -0.39 is 5.97 Å². The number of pyridine rings is 1. The van der Waals surface area contributed by atoms with Gasteiger partial charge in [0.15, 0.2) is 0 Å². The molecule has 1 unspecified atom stereocenters. The van der Waals surface area contributed by atoms with E-state index >= 15 is 0 Å². The second kappa shape index (κ2) is 6.56. The maximum absolute atomic E-state index is 10.8.